The average molecular weight is 349 g/mol. The molecule has 2 amide bonds. The van der Waals surface area contributed by atoms with Crippen molar-refractivity contribution in [2.24, 2.45) is 0 Å². The number of fused-ring (bicyclic) bond motifs is 1. The van der Waals surface area contributed by atoms with Crippen LogP contribution in [0.25, 0.3) is 11.5 Å². The molecule has 0 aliphatic carbocycles. The van der Waals surface area contributed by atoms with Gasteiger partial charge in [-0.3, -0.25) is 14.9 Å². The lowest BCUT2D eigenvalue weighted by Gasteiger charge is -2.07. The van der Waals surface area contributed by atoms with Gasteiger partial charge >= 0.3 is 0 Å². The third kappa shape index (κ3) is 2.79. The summed E-state index contributed by atoms with van der Waals surface area (Å²) in [6.45, 7) is 0.334. The van der Waals surface area contributed by atoms with Crippen molar-refractivity contribution in [1.29, 1.82) is 0 Å². The second-order valence-electron chi connectivity index (χ2n) is 5.73. The third-order valence-corrected chi connectivity index (χ3v) is 4.11. The number of methoxy groups -OCH3 is 1. The molecule has 1 aliphatic heterocycles. The van der Waals surface area contributed by atoms with Crippen molar-refractivity contribution in [3.8, 4) is 17.2 Å². The molecule has 4 rings (SSSR count). The molecule has 0 radical (unpaired) electrons. The number of nitrogens with zero attached hydrogens (tertiary/aromatic N) is 1. The number of carbonyl (C=O) groups is 2. The minimum atomic E-state index is -0.399. The topological polar surface area (TPSA) is 93.5 Å². The molecule has 3 aromatic rings. The number of oxazole rings is 1. The molecule has 2 N–H and O–H groups in total. The number of carbonyl (C=O) groups excluding carboxylic acids is 2. The fourth-order valence-electron chi connectivity index (χ4n) is 2.81. The van der Waals surface area contributed by atoms with Gasteiger partial charge in [-0.15, -0.1) is 0 Å². The average Bonchev–Trinajstić information content (AvgIpc) is 3.25. The zero-order valence-electron chi connectivity index (χ0n) is 13.9. The summed E-state index contributed by atoms with van der Waals surface area (Å²) in [4.78, 5) is 27.9. The summed E-state index contributed by atoms with van der Waals surface area (Å²) in [5.41, 5.74) is 2.14. The van der Waals surface area contributed by atoms with Crippen molar-refractivity contribution < 1.29 is 18.7 Å². The zero-order valence-corrected chi connectivity index (χ0v) is 13.9. The molecule has 2 heterocycles. The number of rotatable bonds is 5. The van der Waals surface area contributed by atoms with Crippen LogP contribution in [0, 0.1) is 0 Å². The van der Waals surface area contributed by atoms with Gasteiger partial charge in [0.15, 0.2) is 0 Å². The van der Waals surface area contributed by atoms with Crippen LogP contribution in [0.5, 0.6) is 5.75 Å². The summed E-state index contributed by atoms with van der Waals surface area (Å²) in [7, 11) is 1.61. The number of nitrogens with one attached hydrogen (secondary N) is 2. The first-order chi connectivity index (χ1) is 12.7. The number of amides is 2. The van der Waals surface area contributed by atoms with E-state index in [1.807, 2.05) is 24.3 Å². The Balaban J connectivity index is 1.51. The molecule has 0 saturated carbocycles. The Hall–Kier alpha value is -3.61. The molecule has 0 spiro atoms. The predicted molar refractivity (Wildman–Crippen MR) is 94.1 cm³/mol. The van der Waals surface area contributed by atoms with E-state index in [0.29, 0.717) is 35.0 Å². The molecule has 130 valence electrons. The number of benzene rings is 2. The van der Waals surface area contributed by atoms with Crippen LogP contribution in [0.3, 0.4) is 0 Å². The van der Waals surface area contributed by atoms with E-state index in [4.69, 9.17) is 9.15 Å². The second-order valence-corrected chi connectivity index (χ2v) is 5.73. The van der Waals surface area contributed by atoms with E-state index >= 15 is 0 Å². The van der Waals surface area contributed by atoms with Crippen molar-refractivity contribution in [2.75, 3.05) is 12.4 Å². The normalized spacial score (nSPS) is 12.7. The molecule has 0 saturated heterocycles. The molecular formula is C19H15N3O4. The van der Waals surface area contributed by atoms with E-state index in [9.17, 15) is 9.59 Å². The third-order valence-electron chi connectivity index (χ3n) is 4.11. The van der Waals surface area contributed by atoms with Crippen LogP contribution in [-0.2, 0) is 6.54 Å². The highest BCUT2D eigenvalue weighted by molar-refractivity contribution is 6.23. The zero-order chi connectivity index (χ0) is 18.1. The van der Waals surface area contributed by atoms with E-state index in [1.54, 1.807) is 31.5 Å². The quantitative estimate of drug-likeness (QED) is 0.688. The van der Waals surface area contributed by atoms with E-state index in [2.05, 4.69) is 15.6 Å². The number of hydrogen-bond acceptors (Lipinski definition) is 6. The largest absolute Gasteiger partial charge is 0.497 e. The van der Waals surface area contributed by atoms with Crippen molar-refractivity contribution in [3.63, 3.8) is 0 Å². The van der Waals surface area contributed by atoms with Gasteiger partial charge in [0.1, 0.15) is 11.5 Å². The van der Waals surface area contributed by atoms with Gasteiger partial charge in [0.05, 0.1) is 31.0 Å². The Morgan fingerprint density at radius 3 is 2.69 bits per heavy atom. The first-order valence-corrected chi connectivity index (χ1v) is 7.97. The fourth-order valence-corrected chi connectivity index (χ4v) is 2.81. The van der Waals surface area contributed by atoms with E-state index in [1.165, 1.54) is 0 Å². The number of ether oxygens (including phenoxy) is 1. The van der Waals surface area contributed by atoms with Gasteiger partial charge in [0.2, 0.25) is 5.89 Å². The lowest BCUT2D eigenvalue weighted by atomic mass is 10.1. The Morgan fingerprint density at radius 2 is 1.92 bits per heavy atom. The van der Waals surface area contributed by atoms with Crippen molar-refractivity contribution in [3.05, 3.63) is 65.5 Å². The monoisotopic (exact) mass is 349 g/mol. The number of aromatic nitrogens is 1. The molecule has 0 unspecified atom stereocenters. The smallest absolute Gasteiger partial charge is 0.261 e. The van der Waals surface area contributed by atoms with E-state index < -0.39 is 5.91 Å². The SMILES string of the molecule is COc1ccc(-c2ncc(CNc3cccc4c3C(=O)NC4=O)o2)cc1. The summed E-state index contributed by atoms with van der Waals surface area (Å²) < 4.78 is 10.9. The lowest BCUT2D eigenvalue weighted by Crippen LogP contribution is -2.20. The summed E-state index contributed by atoms with van der Waals surface area (Å²) in [5, 5.41) is 5.42. The molecule has 7 nitrogen and oxygen atoms in total. The Bertz CT molecular complexity index is 992. The van der Waals surface area contributed by atoms with Crippen LogP contribution >= 0.6 is 0 Å². The number of anilines is 1. The van der Waals surface area contributed by atoms with Crippen molar-refractivity contribution in [2.45, 2.75) is 6.54 Å². The Morgan fingerprint density at radius 1 is 1.12 bits per heavy atom. The van der Waals surface area contributed by atoms with Gasteiger partial charge in [0, 0.05) is 11.3 Å². The van der Waals surface area contributed by atoms with Crippen LogP contribution in [0.4, 0.5) is 5.69 Å². The van der Waals surface area contributed by atoms with Crippen LogP contribution in [-0.4, -0.2) is 23.9 Å². The molecule has 0 bridgehead atoms. The maximum absolute atomic E-state index is 11.9. The highest BCUT2D eigenvalue weighted by Gasteiger charge is 2.29. The minimum absolute atomic E-state index is 0.334. The van der Waals surface area contributed by atoms with Crippen LogP contribution in [0.15, 0.2) is 53.1 Å². The minimum Gasteiger partial charge on any atom is -0.497 e. The molecule has 1 aromatic heterocycles. The Labute approximate surface area is 149 Å². The highest BCUT2D eigenvalue weighted by Crippen LogP contribution is 2.26. The van der Waals surface area contributed by atoms with Gasteiger partial charge in [-0.1, -0.05) is 6.07 Å². The summed E-state index contributed by atoms with van der Waals surface area (Å²) in [6, 6.07) is 12.5. The second kappa shape index (κ2) is 6.36. The number of imide groups is 1. The van der Waals surface area contributed by atoms with Gasteiger partial charge in [-0.2, -0.15) is 0 Å². The molecule has 0 fully saturated rings. The highest BCUT2D eigenvalue weighted by atomic mass is 16.5. The Kier molecular flexibility index (Phi) is 3.89. The molecule has 7 heteroatoms. The van der Waals surface area contributed by atoms with Gasteiger partial charge in [0.25, 0.3) is 11.8 Å². The first-order valence-electron chi connectivity index (χ1n) is 7.97. The standard InChI is InChI=1S/C19H15N3O4/c1-25-12-7-5-11(6-8-12)19-21-10-13(26-19)9-20-15-4-2-3-14-16(15)18(24)22-17(14)23/h2-8,10,20H,9H2,1H3,(H,22,23,24). The van der Waals surface area contributed by atoms with Crippen molar-refractivity contribution in [1.82, 2.24) is 10.3 Å². The predicted octanol–water partition coefficient (Wildman–Crippen LogP) is 2.85. The van der Waals surface area contributed by atoms with Crippen LogP contribution in [0.1, 0.15) is 26.5 Å². The summed E-state index contributed by atoms with van der Waals surface area (Å²) in [5.74, 6) is 1.08. The fraction of sp³-hybridized carbons (Fsp3) is 0.105. The molecule has 1 aliphatic rings. The van der Waals surface area contributed by atoms with E-state index in [0.717, 1.165) is 11.3 Å². The van der Waals surface area contributed by atoms with Crippen LogP contribution < -0.4 is 15.4 Å². The molecular weight excluding hydrogens is 334 g/mol. The lowest BCUT2D eigenvalue weighted by molar-refractivity contribution is 0.0880. The van der Waals surface area contributed by atoms with Gasteiger partial charge in [-0.25, -0.2) is 4.98 Å². The molecule has 2 aromatic carbocycles. The van der Waals surface area contributed by atoms with E-state index in [-0.39, 0.29) is 5.91 Å². The van der Waals surface area contributed by atoms with Crippen LogP contribution in [0.2, 0.25) is 0 Å². The molecule has 0 atom stereocenters. The first kappa shape index (κ1) is 15.9. The summed E-state index contributed by atoms with van der Waals surface area (Å²) >= 11 is 0. The number of hydrogen-bond donors (Lipinski definition) is 2. The molecule has 26 heavy (non-hydrogen) atoms. The maximum atomic E-state index is 11.9. The maximum Gasteiger partial charge on any atom is 0.261 e. The van der Waals surface area contributed by atoms with Crippen molar-refractivity contribution >= 4 is 17.5 Å². The van der Waals surface area contributed by atoms with Gasteiger partial charge in [-0.05, 0) is 36.4 Å². The summed E-state index contributed by atoms with van der Waals surface area (Å²) in [6.07, 6.45) is 1.63. The van der Waals surface area contributed by atoms with Gasteiger partial charge < -0.3 is 14.5 Å².